The van der Waals surface area contributed by atoms with Gasteiger partial charge in [-0.25, -0.2) is 28.8 Å². The van der Waals surface area contributed by atoms with Gasteiger partial charge in [-0.2, -0.15) is 0 Å². The van der Waals surface area contributed by atoms with E-state index in [1.807, 2.05) is 0 Å². The van der Waals surface area contributed by atoms with Crippen molar-refractivity contribution < 1.29 is 100.0 Å². The summed E-state index contributed by atoms with van der Waals surface area (Å²) in [6.45, 7) is 19.1. The van der Waals surface area contributed by atoms with Gasteiger partial charge in [0.2, 0.25) is 18.9 Å². The number of hydrogen-bond donors (Lipinski definition) is 0. The lowest BCUT2D eigenvalue weighted by molar-refractivity contribution is -0.172. The van der Waals surface area contributed by atoms with Crippen LogP contribution >= 0.6 is 0 Å². The first-order valence-electron chi connectivity index (χ1n) is 23.8. The lowest BCUT2D eigenvalue weighted by Crippen LogP contribution is -2.48. The first-order valence-corrected chi connectivity index (χ1v) is 23.8. The normalized spacial score (nSPS) is 35.1. The zero-order valence-electron chi connectivity index (χ0n) is 40.2. The molecule has 5 aliphatic heterocycles. The standard InChI is InChI=1S/2C17H22O7.C15H18O7/c1-9(2)14(18)21-10(3)22-16(20)24-17-6-11-4-12(7-17)15(19)23-13(5-11)8-17;1-8(2)15(18)21-9(3)22-17(20)24-14-11-4-10-5-12(7-11)16(19)23-13(14)6-10;1-6(2)13(16)19-7(3)20-15(18)22-11-8-4-9-10(5-8)14(17)21-12(9)11/h10-13H,1,4-8H2,2-3H3;9-14H,1,4-7H2,2-3H3;7-12H,1,4-5H2,2-3H3. The molecule has 5 saturated heterocycles. The second-order valence-corrected chi connectivity index (χ2v) is 20.2. The van der Waals surface area contributed by atoms with Crippen molar-refractivity contribution >= 4 is 54.3 Å². The highest BCUT2D eigenvalue weighted by atomic mass is 16.8. The third-order valence-electron chi connectivity index (χ3n) is 14.4. The van der Waals surface area contributed by atoms with Crippen LogP contribution in [0.3, 0.4) is 0 Å². The molecular formula is C49H62O21. The van der Waals surface area contributed by atoms with E-state index in [4.69, 9.17) is 56.8 Å². The molecule has 17 unspecified atom stereocenters. The van der Waals surface area contributed by atoms with Crippen molar-refractivity contribution in [3.05, 3.63) is 36.5 Å². The number of fused-ring (bicyclic) bond motifs is 3. The molecule has 0 radical (unpaired) electrons. The fourth-order valence-electron chi connectivity index (χ4n) is 11.7. The SMILES string of the molecule is C=C(C)C(=O)OC(C)OC(=O)OC12CC3CC(C1)OC(=O)C(C3)C2.C=C(C)C(=O)OC(C)OC(=O)OC1C2CC3C(=O)OC1C3C2.C=C(C)C(=O)OC(C)OC(=O)OC1C2CC3CC(C2)C(=O)OC1C3. The van der Waals surface area contributed by atoms with E-state index in [0.717, 1.165) is 38.5 Å². The van der Waals surface area contributed by atoms with Gasteiger partial charge >= 0.3 is 54.3 Å². The summed E-state index contributed by atoms with van der Waals surface area (Å²) in [5.41, 5.74) is -0.0891. The van der Waals surface area contributed by atoms with Crippen LogP contribution in [0.1, 0.15) is 112 Å². The Morgan fingerprint density at radius 1 is 0.529 bits per heavy atom. The highest BCUT2D eigenvalue weighted by molar-refractivity contribution is 5.88. The maximum atomic E-state index is 12.1. The Morgan fingerprint density at radius 3 is 1.64 bits per heavy atom. The predicted octanol–water partition coefficient (Wildman–Crippen LogP) is 6.37. The van der Waals surface area contributed by atoms with Crippen LogP contribution in [0.25, 0.3) is 0 Å². The number of carbonyl (C=O) groups excluding carboxylic acids is 9. The number of esters is 6. The second-order valence-electron chi connectivity index (χ2n) is 20.2. The van der Waals surface area contributed by atoms with Gasteiger partial charge in [0.05, 0.1) is 17.8 Å². The quantitative estimate of drug-likeness (QED) is 0.0890. The van der Waals surface area contributed by atoms with Gasteiger partial charge in [-0.1, -0.05) is 19.7 Å². The topological polar surface area (TPSA) is 264 Å². The van der Waals surface area contributed by atoms with Gasteiger partial charge in [0, 0.05) is 68.1 Å². The first kappa shape index (κ1) is 51.7. The minimum absolute atomic E-state index is 0.0404. The molecule has 11 aliphatic rings. The number of hydrogen-bond acceptors (Lipinski definition) is 21. The molecule has 6 aliphatic carbocycles. The van der Waals surface area contributed by atoms with E-state index in [0.29, 0.717) is 43.9 Å². The molecule has 5 heterocycles. The molecule has 10 bridgehead atoms. The van der Waals surface area contributed by atoms with Gasteiger partial charge in [0.1, 0.15) is 36.1 Å². The molecule has 17 atom stereocenters. The Bertz CT molecular complexity index is 2160. The van der Waals surface area contributed by atoms with E-state index in [1.54, 1.807) is 0 Å². The van der Waals surface area contributed by atoms with Crippen LogP contribution in [0, 0.1) is 47.3 Å². The first-order chi connectivity index (χ1) is 33.0. The molecule has 0 spiro atoms. The van der Waals surface area contributed by atoms with E-state index in [2.05, 4.69) is 19.7 Å². The molecular weight excluding hydrogens is 925 g/mol. The van der Waals surface area contributed by atoms with Crippen molar-refractivity contribution in [2.24, 2.45) is 47.3 Å². The lowest BCUT2D eigenvalue weighted by atomic mass is 9.65. The Labute approximate surface area is 404 Å². The lowest BCUT2D eigenvalue weighted by Gasteiger charge is -2.45. The fourth-order valence-corrected chi connectivity index (χ4v) is 11.7. The minimum Gasteiger partial charge on any atom is -0.462 e. The van der Waals surface area contributed by atoms with Crippen molar-refractivity contribution in [1.29, 1.82) is 0 Å². The summed E-state index contributed by atoms with van der Waals surface area (Å²) in [5.74, 6) is -1.67. The van der Waals surface area contributed by atoms with Crippen molar-refractivity contribution in [2.45, 2.75) is 167 Å². The van der Waals surface area contributed by atoms with E-state index < -0.39 is 79.2 Å². The van der Waals surface area contributed by atoms with Crippen LogP contribution in [-0.2, 0) is 85.6 Å². The van der Waals surface area contributed by atoms with Gasteiger partial charge in [-0.15, -0.1) is 0 Å². The number of carbonyl (C=O) groups is 9. The summed E-state index contributed by atoms with van der Waals surface area (Å²) in [4.78, 5) is 106. The molecule has 11 fully saturated rings. The molecule has 6 saturated carbocycles. The third-order valence-corrected chi connectivity index (χ3v) is 14.4. The van der Waals surface area contributed by atoms with Crippen LogP contribution in [0.4, 0.5) is 14.4 Å². The highest BCUT2D eigenvalue weighted by Gasteiger charge is 2.63. The summed E-state index contributed by atoms with van der Waals surface area (Å²) < 4.78 is 62.0. The predicted molar refractivity (Wildman–Crippen MR) is 232 cm³/mol. The third kappa shape index (κ3) is 12.1. The van der Waals surface area contributed by atoms with Crippen molar-refractivity contribution in [3.63, 3.8) is 0 Å². The van der Waals surface area contributed by atoms with Crippen LogP contribution in [0.2, 0.25) is 0 Å². The fraction of sp³-hybridized carbons (Fsp3) is 0.694. The minimum atomic E-state index is -1.08. The molecule has 11 rings (SSSR count). The average molecular weight is 987 g/mol. The summed E-state index contributed by atoms with van der Waals surface area (Å²) in [6, 6.07) is 0. The Balaban J connectivity index is 0.000000155. The summed E-state index contributed by atoms with van der Waals surface area (Å²) >= 11 is 0. The highest BCUT2D eigenvalue weighted by Crippen LogP contribution is 2.56. The Kier molecular flexibility index (Phi) is 15.6. The van der Waals surface area contributed by atoms with Gasteiger partial charge in [0.15, 0.2) is 0 Å². The molecule has 0 aromatic rings. The maximum Gasteiger partial charge on any atom is 0.511 e. The van der Waals surface area contributed by atoms with E-state index in [-0.39, 0.29) is 82.3 Å². The Hall–Kier alpha value is -6.15. The molecule has 384 valence electrons. The van der Waals surface area contributed by atoms with Crippen LogP contribution in [0.15, 0.2) is 36.5 Å². The van der Waals surface area contributed by atoms with E-state index in [1.165, 1.54) is 41.5 Å². The van der Waals surface area contributed by atoms with Crippen molar-refractivity contribution in [2.75, 3.05) is 0 Å². The molecule has 70 heavy (non-hydrogen) atoms. The van der Waals surface area contributed by atoms with Crippen LogP contribution in [0.5, 0.6) is 0 Å². The summed E-state index contributed by atoms with van der Waals surface area (Å²) in [7, 11) is 0. The van der Waals surface area contributed by atoms with Crippen molar-refractivity contribution in [1.82, 2.24) is 0 Å². The molecule has 21 nitrogen and oxygen atoms in total. The maximum absolute atomic E-state index is 12.1. The number of ether oxygens (including phenoxy) is 12. The zero-order valence-corrected chi connectivity index (χ0v) is 40.2. The monoisotopic (exact) mass is 986 g/mol. The zero-order chi connectivity index (χ0) is 50.9. The summed E-state index contributed by atoms with van der Waals surface area (Å²) in [6.07, 6.45) is 0.122. The van der Waals surface area contributed by atoms with Crippen LogP contribution in [-0.4, -0.2) is 109 Å². The number of rotatable bonds is 12. The van der Waals surface area contributed by atoms with Gasteiger partial charge in [-0.05, 0) is 90.4 Å². The van der Waals surface area contributed by atoms with Gasteiger partial charge in [0.25, 0.3) is 0 Å². The average Bonchev–Trinajstić information content (AvgIpc) is 3.81. The summed E-state index contributed by atoms with van der Waals surface area (Å²) in [5, 5.41) is 0. The Morgan fingerprint density at radius 2 is 1.06 bits per heavy atom. The van der Waals surface area contributed by atoms with Crippen LogP contribution < -0.4 is 0 Å². The largest absolute Gasteiger partial charge is 0.511 e. The molecule has 21 heteroatoms. The van der Waals surface area contributed by atoms with Crippen molar-refractivity contribution in [3.8, 4) is 0 Å². The molecule has 0 amide bonds. The molecule has 0 N–H and O–H groups in total. The van der Waals surface area contributed by atoms with Gasteiger partial charge in [-0.3, -0.25) is 14.4 Å². The van der Waals surface area contributed by atoms with Gasteiger partial charge < -0.3 is 56.8 Å². The molecule has 0 aromatic carbocycles. The smallest absolute Gasteiger partial charge is 0.462 e. The second kappa shape index (κ2) is 21.1. The molecule has 0 aromatic heterocycles. The van der Waals surface area contributed by atoms with E-state index >= 15 is 0 Å². The van der Waals surface area contributed by atoms with E-state index in [9.17, 15) is 43.2 Å².